The van der Waals surface area contributed by atoms with E-state index in [9.17, 15) is 4.79 Å². The number of hydrogen-bond acceptors (Lipinski definition) is 2. The van der Waals surface area contributed by atoms with Gasteiger partial charge in [-0.25, -0.2) is 4.79 Å². The number of esters is 1. The quantitative estimate of drug-likeness (QED) is 0.339. The zero-order chi connectivity index (χ0) is 19.3. The Morgan fingerprint density at radius 1 is 0.963 bits per heavy atom. The molecular formula is C25H30O2. The summed E-state index contributed by atoms with van der Waals surface area (Å²) in [5.74, 6) is 0.206. The Bertz CT molecular complexity index is 778. The van der Waals surface area contributed by atoms with E-state index in [2.05, 4.69) is 49.9 Å². The highest BCUT2D eigenvalue weighted by Crippen LogP contribution is 2.45. The van der Waals surface area contributed by atoms with Crippen LogP contribution in [0.4, 0.5) is 0 Å². The maximum atomic E-state index is 11.7. The molecule has 2 aromatic rings. The highest BCUT2D eigenvalue weighted by molar-refractivity contribution is 5.88. The minimum atomic E-state index is -0.373. The van der Waals surface area contributed by atoms with E-state index < -0.39 is 0 Å². The van der Waals surface area contributed by atoms with Gasteiger partial charge in [0.05, 0.1) is 0 Å². The number of ether oxygens (including phenoxy) is 1. The van der Waals surface area contributed by atoms with Crippen molar-refractivity contribution < 1.29 is 9.53 Å². The molecule has 2 heteroatoms. The molecule has 0 bridgehead atoms. The number of rotatable bonds is 6. The third-order valence-electron chi connectivity index (χ3n) is 5.72. The molecule has 1 fully saturated rings. The summed E-state index contributed by atoms with van der Waals surface area (Å²) in [5, 5.41) is 0. The van der Waals surface area contributed by atoms with Crippen molar-refractivity contribution in [3.05, 3.63) is 77.4 Å². The zero-order valence-corrected chi connectivity index (χ0v) is 16.6. The van der Waals surface area contributed by atoms with Crippen molar-refractivity contribution in [1.29, 1.82) is 0 Å². The van der Waals surface area contributed by atoms with Gasteiger partial charge in [0.15, 0.2) is 0 Å². The van der Waals surface area contributed by atoms with Gasteiger partial charge in [-0.2, -0.15) is 0 Å². The maximum Gasteiger partial charge on any atom is 0.338 e. The van der Waals surface area contributed by atoms with Gasteiger partial charge in [0.1, 0.15) is 5.75 Å². The summed E-state index contributed by atoms with van der Waals surface area (Å²) < 4.78 is 5.36. The number of aryl methyl sites for hydroxylation is 1. The molecule has 1 saturated carbocycles. The topological polar surface area (TPSA) is 26.3 Å². The molecule has 0 unspecified atom stereocenters. The predicted octanol–water partition coefficient (Wildman–Crippen LogP) is 6.37. The second-order valence-electron chi connectivity index (χ2n) is 7.78. The van der Waals surface area contributed by atoms with Gasteiger partial charge in [-0.05, 0) is 55.0 Å². The van der Waals surface area contributed by atoms with Crippen LogP contribution in [0.25, 0.3) is 0 Å². The Kier molecular flexibility index (Phi) is 6.15. The molecule has 0 atom stereocenters. The van der Waals surface area contributed by atoms with Crippen LogP contribution < -0.4 is 4.74 Å². The van der Waals surface area contributed by atoms with Gasteiger partial charge in [0.2, 0.25) is 0 Å². The normalized spacial score (nSPS) is 15.9. The first kappa shape index (κ1) is 19.4. The van der Waals surface area contributed by atoms with Crippen LogP contribution in [0, 0.1) is 0 Å². The van der Waals surface area contributed by atoms with E-state index in [1.165, 1.54) is 55.2 Å². The van der Waals surface area contributed by atoms with E-state index >= 15 is 0 Å². The summed E-state index contributed by atoms with van der Waals surface area (Å²) in [6, 6.07) is 17.3. The molecule has 0 saturated heterocycles. The van der Waals surface area contributed by atoms with Crippen LogP contribution >= 0.6 is 0 Å². The van der Waals surface area contributed by atoms with Crippen LogP contribution in [0.2, 0.25) is 0 Å². The maximum absolute atomic E-state index is 11.7. The first-order chi connectivity index (χ1) is 13.0. The molecular weight excluding hydrogens is 332 g/mol. The third kappa shape index (κ3) is 4.32. The van der Waals surface area contributed by atoms with Crippen molar-refractivity contribution in [2.75, 3.05) is 0 Å². The van der Waals surface area contributed by atoms with Gasteiger partial charge in [0, 0.05) is 11.0 Å². The average Bonchev–Trinajstić information content (AvgIpc) is 2.70. The monoisotopic (exact) mass is 362 g/mol. The molecule has 0 radical (unpaired) electrons. The van der Waals surface area contributed by atoms with Gasteiger partial charge in [0.25, 0.3) is 0 Å². The minimum absolute atomic E-state index is 0.0693. The van der Waals surface area contributed by atoms with E-state index in [0.717, 1.165) is 6.42 Å². The molecule has 0 heterocycles. The molecule has 1 aliphatic rings. The van der Waals surface area contributed by atoms with E-state index in [1.807, 2.05) is 12.1 Å². The lowest BCUT2D eigenvalue weighted by Gasteiger charge is -2.39. The van der Waals surface area contributed by atoms with Crippen LogP contribution in [0.1, 0.15) is 69.1 Å². The molecule has 0 aliphatic heterocycles. The minimum Gasteiger partial charge on any atom is -0.423 e. The molecule has 1 aliphatic carbocycles. The SMILES string of the molecule is C=C(C)C(=O)Oc1ccc(C2(c3ccc(CCC)cc3)CCCCC2)cc1. The molecule has 0 N–H and O–H groups in total. The molecule has 2 nitrogen and oxygen atoms in total. The first-order valence-electron chi connectivity index (χ1n) is 10.1. The van der Waals surface area contributed by atoms with E-state index in [-0.39, 0.29) is 11.4 Å². The van der Waals surface area contributed by atoms with E-state index in [0.29, 0.717) is 11.3 Å². The Morgan fingerprint density at radius 2 is 1.52 bits per heavy atom. The first-order valence-corrected chi connectivity index (χ1v) is 10.1. The zero-order valence-electron chi connectivity index (χ0n) is 16.6. The molecule has 0 amide bonds. The van der Waals surface area contributed by atoms with Gasteiger partial charge < -0.3 is 4.74 Å². The summed E-state index contributed by atoms with van der Waals surface area (Å²) in [4.78, 5) is 11.7. The van der Waals surface area contributed by atoms with Crippen LogP contribution in [0.3, 0.4) is 0 Å². The van der Waals surface area contributed by atoms with E-state index in [1.54, 1.807) is 6.92 Å². The second kappa shape index (κ2) is 8.56. The average molecular weight is 363 g/mol. The lowest BCUT2D eigenvalue weighted by Crippen LogP contribution is -2.30. The number of carbonyl (C=O) groups excluding carboxylic acids is 1. The van der Waals surface area contributed by atoms with Crippen molar-refractivity contribution in [3.63, 3.8) is 0 Å². The Hall–Kier alpha value is -2.35. The Balaban J connectivity index is 1.90. The van der Waals surface area contributed by atoms with Crippen LogP contribution in [0.5, 0.6) is 5.75 Å². The Morgan fingerprint density at radius 3 is 2.04 bits per heavy atom. The molecule has 0 aromatic heterocycles. The number of carbonyl (C=O) groups is 1. The molecule has 27 heavy (non-hydrogen) atoms. The second-order valence-corrected chi connectivity index (χ2v) is 7.78. The van der Waals surface area contributed by atoms with Gasteiger partial charge in [-0.3, -0.25) is 0 Å². The van der Waals surface area contributed by atoms with Crippen molar-refractivity contribution in [3.8, 4) is 5.75 Å². The Labute approximate surface area is 163 Å². The standard InChI is InChI=1S/C25H30O2/c1-4-8-20-9-11-21(12-10-20)25(17-6-5-7-18-25)22-13-15-23(16-14-22)27-24(26)19(2)3/h9-16H,2,4-8,17-18H2,1,3H3. The van der Waals surface area contributed by atoms with Crippen molar-refractivity contribution in [1.82, 2.24) is 0 Å². The fourth-order valence-electron chi connectivity index (χ4n) is 4.21. The predicted molar refractivity (Wildman–Crippen MR) is 111 cm³/mol. The molecule has 142 valence electrons. The van der Waals surface area contributed by atoms with Crippen molar-refractivity contribution in [2.24, 2.45) is 0 Å². The molecule has 3 rings (SSSR count). The van der Waals surface area contributed by atoms with Gasteiger partial charge in [-0.1, -0.05) is 75.6 Å². The lowest BCUT2D eigenvalue weighted by atomic mass is 9.65. The fourth-order valence-corrected chi connectivity index (χ4v) is 4.21. The smallest absolute Gasteiger partial charge is 0.338 e. The summed E-state index contributed by atoms with van der Waals surface area (Å²) >= 11 is 0. The van der Waals surface area contributed by atoms with Gasteiger partial charge >= 0.3 is 5.97 Å². The highest BCUT2D eigenvalue weighted by atomic mass is 16.5. The summed E-state index contributed by atoms with van der Waals surface area (Å²) in [5.41, 5.74) is 4.62. The van der Waals surface area contributed by atoms with Crippen molar-refractivity contribution in [2.45, 2.75) is 64.2 Å². The van der Waals surface area contributed by atoms with E-state index in [4.69, 9.17) is 4.74 Å². The summed E-state index contributed by atoms with van der Waals surface area (Å²) in [6.07, 6.45) is 8.47. The number of benzene rings is 2. The summed E-state index contributed by atoms with van der Waals surface area (Å²) in [6.45, 7) is 7.52. The molecule has 2 aromatic carbocycles. The number of hydrogen-bond donors (Lipinski definition) is 0. The van der Waals surface area contributed by atoms with Crippen LogP contribution in [0.15, 0.2) is 60.7 Å². The molecule has 0 spiro atoms. The van der Waals surface area contributed by atoms with Crippen LogP contribution in [-0.4, -0.2) is 5.97 Å². The highest BCUT2D eigenvalue weighted by Gasteiger charge is 2.35. The summed E-state index contributed by atoms with van der Waals surface area (Å²) in [7, 11) is 0. The fraction of sp³-hybridized carbons (Fsp3) is 0.400. The van der Waals surface area contributed by atoms with Crippen molar-refractivity contribution >= 4 is 5.97 Å². The largest absolute Gasteiger partial charge is 0.423 e. The van der Waals surface area contributed by atoms with Crippen LogP contribution in [-0.2, 0) is 16.6 Å². The lowest BCUT2D eigenvalue weighted by molar-refractivity contribution is -0.130. The third-order valence-corrected chi connectivity index (χ3v) is 5.72. The van der Waals surface area contributed by atoms with Gasteiger partial charge in [-0.15, -0.1) is 0 Å².